The average Bonchev–Trinajstić information content (AvgIpc) is 2.89. The van der Waals surface area contributed by atoms with Gasteiger partial charge in [0.25, 0.3) is 0 Å². The summed E-state index contributed by atoms with van der Waals surface area (Å²) in [5.74, 6) is 0.822. The SMILES string of the molecule is SCc1ccccc1CC1CO1. The Labute approximate surface area is 78.2 Å². The molecule has 1 unspecified atom stereocenters. The molecular weight excluding hydrogens is 168 g/mol. The number of hydrogen-bond acceptors (Lipinski definition) is 2. The maximum absolute atomic E-state index is 5.19. The summed E-state index contributed by atoms with van der Waals surface area (Å²) in [7, 11) is 0. The number of hydrogen-bond donors (Lipinski definition) is 1. The number of benzene rings is 1. The second-order valence-corrected chi connectivity index (χ2v) is 3.40. The summed E-state index contributed by atoms with van der Waals surface area (Å²) in [6.45, 7) is 0.931. The minimum Gasteiger partial charge on any atom is -0.373 e. The molecule has 12 heavy (non-hydrogen) atoms. The second-order valence-electron chi connectivity index (χ2n) is 3.09. The van der Waals surface area contributed by atoms with Gasteiger partial charge in [0.15, 0.2) is 0 Å². The van der Waals surface area contributed by atoms with Crippen LogP contribution in [-0.4, -0.2) is 12.7 Å². The van der Waals surface area contributed by atoms with E-state index in [9.17, 15) is 0 Å². The van der Waals surface area contributed by atoms with Gasteiger partial charge in [-0.05, 0) is 11.1 Å². The van der Waals surface area contributed by atoms with Gasteiger partial charge < -0.3 is 4.74 Å². The molecule has 0 aromatic heterocycles. The van der Waals surface area contributed by atoms with E-state index in [2.05, 4.69) is 36.9 Å². The minimum absolute atomic E-state index is 0.478. The number of thiol groups is 1. The first-order valence-electron chi connectivity index (χ1n) is 4.19. The standard InChI is InChI=1S/C10H12OS/c12-7-9-4-2-1-3-8(9)5-10-6-11-10/h1-4,10,12H,5-7H2. The predicted octanol–water partition coefficient (Wildman–Crippen LogP) is 2.06. The van der Waals surface area contributed by atoms with Gasteiger partial charge in [0.1, 0.15) is 0 Å². The van der Waals surface area contributed by atoms with Crippen LogP contribution in [0.4, 0.5) is 0 Å². The smallest absolute Gasteiger partial charge is 0.0850 e. The first-order chi connectivity index (χ1) is 5.90. The van der Waals surface area contributed by atoms with Crippen LogP contribution in [0.3, 0.4) is 0 Å². The maximum Gasteiger partial charge on any atom is 0.0850 e. The summed E-state index contributed by atoms with van der Waals surface area (Å²) in [4.78, 5) is 0. The van der Waals surface area contributed by atoms with Gasteiger partial charge in [0.2, 0.25) is 0 Å². The lowest BCUT2D eigenvalue weighted by molar-refractivity contribution is 0.407. The van der Waals surface area contributed by atoms with Gasteiger partial charge in [-0.25, -0.2) is 0 Å². The molecule has 64 valence electrons. The normalized spacial score (nSPS) is 20.9. The lowest BCUT2D eigenvalue weighted by Crippen LogP contribution is -1.96. The van der Waals surface area contributed by atoms with Crippen molar-refractivity contribution in [2.75, 3.05) is 6.61 Å². The summed E-state index contributed by atoms with van der Waals surface area (Å²) in [5, 5.41) is 0. The van der Waals surface area contributed by atoms with Crippen LogP contribution in [0, 0.1) is 0 Å². The molecule has 0 radical (unpaired) electrons. The van der Waals surface area contributed by atoms with Crippen LogP contribution in [-0.2, 0) is 16.9 Å². The molecule has 0 bridgehead atoms. The molecule has 1 aliphatic rings. The Morgan fingerprint density at radius 2 is 2.00 bits per heavy atom. The summed E-state index contributed by atoms with van der Waals surface area (Å²) >= 11 is 4.28. The van der Waals surface area contributed by atoms with E-state index in [1.807, 2.05) is 0 Å². The van der Waals surface area contributed by atoms with Gasteiger partial charge in [0.05, 0.1) is 12.7 Å². The highest BCUT2D eigenvalue weighted by molar-refractivity contribution is 7.79. The Bertz CT molecular complexity index is 268. The van der Waals surface area contributed by atoms with E-state index in [0.717, 1.165) is 18.8 Å². The number of ether oxygens (including phenoxy) is 1. The Balaban J connectivity index is 2.15. The quantitative estimate of drug-likeness (QED) is 0.555. The van der Waals surface area contributed by atoms with E-state index in [1.54, 1.807) is 0 Å². The zero-order valence-electron chi connectivity index (χ0n) is 6.86. The summed E-state index contributed by atoms with van der Waals surface area (Å²) < 4.78 is 5.19. The fourth-order valence-electron chi connectivity index (χ4n) is 1.34. The van der Waals surface area contributed by atoms with Crippen molar-refractivity contribution in [1.29, 1.82) is 0 Å². The van der Waals surface area contributed by atoms with E-state index in [-0.39, 0.29) is 0 Å². The maximum atomic E-state index is 5.19. The van der Waals surface area contributed by atoms with Crippen molar-refractivity contribution in [3.63, 3.8) is 0 Å². The highest BCUT2D eigenvalue weighted by Crippen LogP contribution is 2.19. The zero-order valence-corrected chi connectivity index (χ0v) is 7.76. The van der Waals surface area contributed by atoms with Crippen molar-refractivity contribution < 1.29 is 4.74 Å². The van der Waals surface area contributed by atoms with Crippen molar-refractivity contribution >= 4 is 12.6 Å². The van der Waals surface area contributed by atoms with Crippen LogP contribution in [0.2, 0.25) is 0 Å². The average molecular weight is 180 g/mol. The van der Waals surface area contributed by atoms with E-state index in [1.165, 1.54) is 11.1 Å². The molecule has 1 saturated heterocycles. The second kappa shape index (κ2) is 3.50. The van der Waals surface area contributed by atoms with E-state index < -0.39 is 0 Å². The zero-order chi connectivity index (χ0) is 8.39. The molecule has 1 aromatic carbocycles. The Hall–Kier alpha value is -0.470. The van der Waals surface area contributed by atoms with Crippen LogP contribution in [0.25, 0.3) is 0 Å². The van der Waals surface area contributed by atoms with Gasteiger partial charge in [-0.2, -0.15) is 12.6 Å². The molecule has 0 amide bonds. The lowest BCUT2D eigenvalue weighted by Gasteiger charge is -2.04. The molecule has 0 N–H and O–H groups in total. The predicted molar refractivity (Wildman–Crippen MR) is 52.6 cm³/mol. The first kappa shape index (κ1) is 8.14. The third-order valence-electron chi connectivity index (χ3n) is 2.14. The fourth-order valence-corrected chi connectivity index (χ4v) is 1.65. The van der Waals surface area contributed by atoms with Crippen molar-refractivity contribution in [2.45, 2.75) is 18.3 Å². The highest BCUT2D eigenvalue weighted by Gasteiger charge is 2.23. The largest absolute Gasteiger partial charge is 0.373 e. The Morgan fingerprint density at radius 1 is 1.33 bits per heavy atom. The number of rotatable bonds is 3. The van der Waals surface area contributed by atoms with E-state index in [4.69, 9.17) is 4.74 Å². The number of epoxide rings is 1. The van der Waals surface area contributed by atoms with Crippen molar-refractivity contribution in [3.05, 3.63) is 35.4 Å². The summed E-state index contributed by atoms with van der Waals surface area (Å²) in [6, 6.07) is 8.42. The van der Waals surface area contributed by atoms with Crippen LogP contribution >= 0.6 is 12.6 Å². The third kappa shape index (κ3) is 1.82. The molecule has 0 aliphatic carbocycles. The fraction of sp³-hybridized carbons (Fsp3) is 0.400. The van der Waals surface area contributed by atoms with Gasteiger partial charge in [-0.1, -0.05) is 24.3 Å². The van der Waals surface area contributed by atoms with Gasteiger partial charge >= 0.3 is 0 Å². The molecule has 1 heterocycles. The molecular formula is C10H12OS. The first-order valence-corrected chi connectivity index (χ1v) is 4.82. The summed E-state index contributed by atoms with van der Waals surface area (Å²) in [5.41, 5.74) is 2.71. The molecule has 1 fully saturated rings. The lowest BCUT2D eigenvalue weighted by atomic mass is 10.0. The minimum atomic E-state index is 0.478. The molecule has 1 atom stereocenters. The van der Waals surface area contributed by atoms with Gasteiger partial charge in [-0.15, -0.1) is 0 Å². The van der Waals surface area contributed by atoms with Crippen LogP contribution in [0.1, 0.15) is 11.1 Å². The Morgan fingerprint density at radius 3 is 2.58 bits per heavy atom. The molecule has 0 spiro atoms. The topological polar surface area (TPSA) is 12.5 Å². The van der Waals surface area contributed by atoms with Gasteiger partial charge in [0, 0.05) is 12.2 Å². The molecule has 1 aliphatic heterocycles. The Kier molecular flexibility index (Phi) is 2.38. The van der Waals surface area contributed by atoms with Crippen LogP contribution in [0.15, 0.2) is 24.3 Å². The van der Waals surface area contributed by atoms with Crippen LogP contribution in [0.5, 0.6) is 0 Å². The molecule has 1 nitrogen and oxygen atoms in total. The summed E-state index contributed by atoms with van der Waals surface area (Å²) in [6.07, 6.45) is 1.53. The van der Waals surface area contributed by atoms with Crippen molar-refractivity contribution in [2.24, 2.45) is 0 Å². The molecule has 2 heteroatoms. The van der Waals surface area contributed by atoms with Crippen LogP contribution < -0.4 is 0 Å². The highest BCUT2D eigenvalue weighted by atomic mass is 32.1. The van der Waals surface area contributed by atoms with Crippen molar-refractivity contribution in [1.82, 2.24) is 0 Å². The molecule has 0 saturated carbocycles. The van der Waals surface area contributed by atoms with E-state index in [0.29, 0.717) is 6.10 Å². The third-order valence-corrected chi connectivity index (χ3v) is 2.48. The molecule has 1 aromatic rings. The van der Waals surface area contributed by atoms with Crippen molar-refractivity contribution in [3.8, 4) is 0 Å². The van der Waals surface area contributed by atoms with Gasteiger partial charge in [-0.3, -0.25) is 0 Å². The van der Waals surface area contributed by atoms with E-state index >= 15 is 0 Å². The molecule has 2 rings (SSSR count). The monoisotopic (exact) mass is 180 g/mol.